The summed E-state index contributed by atoms with van der Waals surface area (Å²) in [7, 11) is 0. The van der Waals surface area contributed by atoms with Crippen LogP contribution in [0.1, 0.15) is 19.4 Å². The molecule has 0 aliphatic rings. The van der Waals surface area contributed by atoms with Crippen LogP contribution in [0.4, 0.5) is 4.39 Å². The first-order valence-corrected chi connectivity index (χ1v) is 5.14. The summed E-state index contributed by atoms with van der Waals surface area (Å²) in [6.45, 7) is 4.61. The summed E-state index contributed by atoms with van der Waals surface area (Å²) < 4.78 is 12.6. The molecule has 3 heteroatoms. The van der Waals surface area contributed by atoms with Gasteiger partial charge in [0.25, 0.3) is 0 Å². The molecule has 1 rings (SSSR count). The van der Waals surface area contributed by atoms with Crippen molar-refractivity contribution in [3.05, 3.63) is 35.6 Å². The first-order valence-electron chi connectivity index (χ1n) is 4.69. The topological polar surface area (TPSA) is 12.0 Å². The minimum absolute atomic E-state index is 0.215. The van der Waals surface area contributed by atoms with Crippen molar-refractivity contribution in [2.24, 2.45) is 0 Å². The highest BCUT2D eigenvalue weighted by atomic mass is 32.1. The molecule has 0 unspecified atom stereocenters. The maximum Gasteiger partial charge on any atom is 0.123 e. The Labute approximate surface area is 95.5 Å². The predicted molar refractivity (Wildman–Crippen MR) is 64.1 cm³/mol. The number of rotatable bonds is 3. The Bertz CT molecular complexity index is 373. The SMILES string of the molecule is CC(C)(C#CS)NCc1ccc(F)cc1. The van der Waals surface area contributed by atoms with Gasteiger partial charge < -0.3 is 0 Å². The molecular formula is C12H14FNS. The molecule has 1 aromatic carbocycles. The van der Waals surface area contributed by atoms with E-state index in [0.717, 1.165) is 5.56 Å². The van der Waals surface area contributed by atoms with Gasteiger partial charge in [-0.05, 0) is 36.8 Å². The third kappa shape index (κ3) is 4.37. The Hall–Kier alpha value is -0.980. The summed E-state index contributed by atoms with van der Waals surface area (Å²) in [5.74, 6) is 2.72. The molecule has 0 heterocycles. The molecule has 0 saturated heterocycles. The Kier molecular flexibility index (Phi) is 4.19. The van der Waals surface area contributed by atoms with Crippen molar-refractivity contribution in [1.29, 1.82) is 0 Å². The highest BCUT2D eigenvalue weighted by Crippen LogP contribution is 2.06. The van der Waals surface area contributed by atoms with Crippen LogP contribution in [0.5, 0.6) is 0 Å². The number of halogens is 1. The smallest absolute Gasteiger partial charge is 0.123 e. The van der Waals surface area contributed by atoms with Gasteiger partial charge in [0, 0.05) is 6.54 Å². The van der Waals surface area contributed by atoms with Crippen LogP contribution < -0.4 is 5.32 Å². The summed E-state index contributed by atoms with van der Waals surface area (Å²) >= 11 is 3.86. The Morgan fingerprint density at radius 3 is 2.47 bits per heavy atom. The molecule has 0 bridgehead atoms. The zero-order valence-corrected chi connectivity index (χ0v) is 9.74. The quantitative estimate of drug-likeness (QED) is 0.593. The fraction of sp³-hybridized carbons (Fsp3) is 0.333. The minimum atomic E-state index is -0.282. The lowest BCUT2D eigenvalue weighted by Crippen LogP contribution is -2.37. The molecule has 15 heavy (non-hydrogen) atoms. The second-order valence-corrected chi connectivity index (χ2v) is 4.07. The van der Waals surface area contributed by atoms with Crippen LogP contribution in [-0.4, -0.2) is 5.54 Å². The van der Waals surface area contributed by atoms with Gasteiger partial charge in [0.15, 0.2) is 0 Å². The van der Waals surface area contributed by atoms with E-state index in [0.29, 0.717) is 6.54 Å². The largest absolute Gasteiger partial charge is 0.297 e. The van der Waals surface area contributed by atoms with Crippen LogP contribution in [0.3, 0.4) is 0 Å². The van der Waals surface area contributed by atoms with Crippen molar-refractivity contribution >= 4 is 12.6 Å². The van der Waals surface area contributed by atoms with E-state index < -0.39 is 0 Å². The van der Waals surface area contributed by atoms with E-state index in [1.807, 2.05) is 13.8 Å². The van der Waals surface area contributed by atoms with Gasteiger partial charge >= 0.3 is 0 Å². The number of nitrogens with one attached hydrogen (secondary N) is 1. The Balaban J connectivity index is 2.56. The van der Waals surface area contributed by atoms with Gasteiger partial charge in [0.1, 0.15) is 5.82 Å². The third-order valence-corrected chi connectivity index (χ3v) is 2.13. The summed E-state index contributed by atoms with van der Waals surface area (Å²) in [5, 5.41) is 5.83. The summed E-state index contributed by atoms with van der Waals surface area (Å²) in [5.41, 5.74) is 0.751. The van der Waals surface area contributed by atoms with Crippen molar-refractivity contribution in [1.82, 2.24) is 5.32 Å². The molecule has 0 spiro atoms. The lowest BCUT2D eigenvalue weighted by Gasteiger charge is -2.19. The molecule has 0 aliphatic carbocycles. The van der Waals surface area contributed by atoms with E-state index in [-0.39, 0.29) is 11.4 Å². The highest BCUT2D eigenvalue weighted by Gasteiger charge is 2.12. The second kappa shape index (κ2) is 5.20. The van der Waals surface area contributed by atoms with Gasteiger partial charge in [-0.2, -0.15) is 0 Å². The normalized spacial score (nSPS) is 10.7. The fourth-order valence-electron chi connectivity index (χ4n) is 1.11. The number of thiol groups is 1. The van der Waals surface area contributed by atoms with Crippen molar-refractivity contribution in [2.75, 3.05) is 0 Å². The molecule has 0 aliphatic heterocycles. The average molecular weight is 223 g/mol. The van der Waals surface area contributed by atoms with Crippen LogP contribution in [0.2, 0.25) is 0 Å². The van der Waals surface area contributed by atoms with Gasteiger partial charge in [-0.25, -0.2) is 4.39 Å². The summed E-state index contributed by atoms with van der Waals surface area (Å²) in [6.07, 6.45) is 0. The van der Waals surface area contributed by atoms with Gasteiger partial charge in [-0.1, -0.05) is 30.7 Å². The van der Waals surface area contributed by atoms with Crippen molar-refractivity contribution < 1.29 is 4.39 Å². The highest BCUT2D eigenvalue weighted by molar-refractivity contribution is 7.85. The van der Waals surface area contributed by atoms with E-state index in [1.165, 1.54) is 12.1 Å². The molecule has 1 aromatic rings. The van der Waals surface area contributed by atoms with Gasteiger partial charge in [-0.15, -0.1) is 0 Å². The standard InChI is InChI=1S/C12H14FNS/c1-12(2,7-8-15)14-9-10-3-5-11(13)6-4-10/h3-6,14-15H,9H2,1-2H3. The fourth-order valence-corrected chi connectivity index (χ4v) is 1.39. The predicted octanol–water partition coefficient (Wildman–Crippen LogP) is 2.58. The molecular weight excluding hydrogens is 209 g/mol. The second-order valence-electron chi connectivity index (χ2n) is 3.84. The maximum atomic E-state index is 12.6. The molecule has 0 saturated carbocycles. The maximum absolute atomic E-state index is 12.6. The van der Waals surface area contributed by atoms with E-state index in [9.17, 15) is 4.39 Å². The van der Waals surface area contributed by atoms with Crippen molar-refractivity contribution in [3.63, 3.8) is 0 Å². The molecule has 1 N–H and O–H groups in total. The minimum Gasteiger partial charge on any atom is -0.297 e. The molecule has 0 amide bonds. The first kappa shape index (κ1) is 12.1. The zero-order chi connectivity index (χ0) is 11.3. The molecule has 0 radical (unpaired) electrons. The Morgan fingerprint density at radius 2 is 1.93 bits per heavy atom. The summed E-state index contributed by atoms with van der Waals surface area (Å²) in [6, 6.07) is 6.42. The molecule has 0 atom stereocenters. The molecule has 80 valence electrons. The van der Waals surface area contributed by atoms with E-state index in [4.69, 9.17) is 0 Å². The number of hydrogen-bond acceptors (Lipinski definition) is 2. The molecule has 0 aromatic heterocycles. The Morgan fingerprint density at radius 1 is 1.33 bits per heavy atom. The van der Waals surface area contributed by atoms with Crippen LogP contribution in [0, 0.1) is 17.0 Å². The van der Waals surface area contributed by atoms with Crippen LogP contribution in [0.15, 0.2) is 24.3 Å². The van der Waals surface area contributed by atoms with Crippen LogP contribution in [-0.2, 0) is 6.54 Å². The van der Waals surface area contributed by atoms with Gasteiger partial charge in [0.05, 0.1) is 5.54 Å². The van der Waals surface area contributed by atoms with Crippen molar-refractivity contribution in [2.45, 2.75) is 25.9 Å². The van der Waals surface area contributed by atoms with Gasteiger partial charge in [0.2, 0.25) is 0 Å². The first-order chi connectivity index (χ1) is 7.03. The zero-order valence-electron chi connectivity index (χ0n) is 8.84. The number of hydrogen-bond donors (Lipinski definition) is 2. The third-order valence-electron chi connectivity index (χ3n) is 2.02. The van der Waals surface area contributed by atoms with E-state index >= 15 is 0 Å². The van der Waals surface area contributed by atoms with Crippen LogP contribution in [0.25, 0.3) is 0 Å². The van der Waals surface area contributed by atoms with Gasteiger partial charge in [-0.3, -0.25) is 5.32 Å². The lowest BCUT2D eigenvalue weighted by atomic mass is 10.1. The van der Waals surface area contributed by atoms with E-state index in [2.05, 4.69) is 29.1 Å². The monoisotopic (exact) mass is 223 g/mol. The number of benzene rings is 1. The van der Waals surface area contributed by atoms with Crippen molar-refractivity contribution in [3.8, 4) is 11.2 Å². The van der Waals surface area contributed by atoms with E-state index in [1.54, 1.807) is 12.1 Å². The summed E-state index contributed by atoms with van der Waals surface area (Å²) in [4.78, 5) is 0. The molecule has 1 nitrogen and oxygen atoms in total. The lowest BCUT2D eigenvalue weighted by molar-refractivity contribution is 0.490. The average Bonchev–Trinajstić information content (AvgIpc) is 2.17. The van der Waals surface area contributed by atoms with Crippen LogP contribution >= 0.6 is 12.6 Å². The molecule has 0 fully saturated rings.